The molecule has 78 valence electrons. The molecule has 0 radical (unpaired) electrons. The lowest BCUT2D eigenvalue weighted by atomic mass is 10.0. The zero-order valence-electron chi connectivity index (χ0n) is 8.13. The molecule has 0 aliphatic heterocycles. The third kappa shape index (κ3) is 2.71. The van der Waals surface area contributed by atoms with Gasteiger partial charge in [0.2, 0.25) is 0 Å². The number of alkyl halides is 2. The van der Waals surface area contributed by atoms with E-state index in [1.165, 1.54) is 12.1 Å². The fourth-order valence-electron chi connectivity index (χ4n) is 1.36. The second-order valence-electron chi connectivity index (χ2n) is 3.31. The molecule has 0 unspecified atom stereocenters. The lowest BCUT2D eigenvalue weighted by Crippen LogP contribution is -2.12. The number of hydrogen-bond acceptors (Lipinski definition) is 1. The third-order valence-electron chi connectivity index (χ3n) is 2.10. The van der Waals surface area contributed by atoms with Crippen LogP contribution < -0.4 is 0 Å². The molecule has 0 saturated heterocycles. The molecule has 0 N–H and O–H groups in total. The van der Waals surface area contributed by atoms with Gasteiger partial charge in [0.15, 0.2) is 0 Å². The fraction of sp³-hybridized carbons (Fsp3) is 0.455. The van der Waals surface area contributed by atoms with Gasteiger partial charge in [-0.05, 0) is 11.6 Å². The van der Waals surface area contributed by atoms with Crippen LogP contribution in [0, 0.1) is 0 Å². The first-order valence-corrected chi connectivity index (χ1v) is 5.31. The predicted molar refractivity (Wildman–Crippen MR) is 57.9 cm³/mol. The molecular formula is C11H14F2S. The average Bonchev–Trinajstić information content (AvgIpc) is 2.18. The lowest BCUT2D eigenvalue weighted by molar-refractivity contribution is -0.0140. The Morgan fingerprint density at radius 2 is 2.07 bits per heavy atom. The van der Waals surface area contributed by atoms with Crippen LogP contribution in [0.5, 0.6) is 0 Å². The Morgan fingerprint density at radius 1 is 1.36 bits per heavy atom. The summed E-state index contributed by atoms with van der Waals surface area (Å²) in [6, 6.07) is 6.47. The highest BCUT2D eigenvalue weighted by atomic mass is 32.1. The minimum Gasteiger partial charge on any atom is -0.201 e. The van der Waals surface area contributed by atoms with Crippen molar-refractivity contribution in [2.75, 3.05) is 0 Å². The van der Waals surface area contributed by atoms with Gasteiger partial charge in [0.1, 0.15) is 0 Å². The van der Waals surface area contributed by atoms with Gasteiger partial charge in [-0.1, -0.05) is 31.5 Å². The SMILES string of the molecule is CCCC(F)(F)c1cccc(CS)c1. The summed E-state index contributed by atoms with van der Waals surface area (Å²) in [5, 5.41) is 0. The van der Waals surface area contributed by atoms with Gasteiger partial charge in [0.05, 0.1) is 0 Å². The van der Waals surface area contributed by atoms with Crippen LogP contribution in [0.15, 0.2) is 24.3 Å². The second-order valence-corrected chi connectivity index (χ2v) is 3.63. The summed E-state index contributed by atoms with van der Waals surface area (Å²) in [5.74, 6) is -2.20. The molecule has 0 fully saturated rings. The number of rotatable bonds is 4. The fourth-order valence-corrected chi connectivity index (χ4v) is 1.55. The smallest absolute Gasteiger partial charge is 0.201 e. The largest absolute Gasteiger partial charge is 0.273 e. The standard InChI is InChI=1S/C11H14F2S/c1-2-6-11(12,13)10-5-3-4-9(7-10)8-14/h3-5,7,14H,2,6,8H2,1H3. The topological polar surface area (TPSA) is 0 Å². The maximum Gasteiger partial charge on any atom is 0.273 e. The van der Waals surface area contributed by atoms with Crippen LogP contribution in [0.4, 0.5) is 8.78 Å². The van der Waals surface area contributed by atoms with Gasteiger partial charge < -0.3 is 0 Å². The molecule has 0 aliphatic rings. The maximum absolute atomic E-state index is 13.4. The lowest BCUT2D eigenvalue weighted by Gasteiger charge is -2.16. The molecule has 0 aliphatic carbocycles. The van der Waals surface area contributed by atoms with E-state index in [-0.39, 0.29) is 12.0 Å². The summed E-state index contributed by atoms with van der Waals surface area (Å²) in [6.07, 6.45) is 0.390. The van der Waals surface area contributed by atoms with Gasteiger partial charge in [-0.15, -0.1) is 0 Å². The van der Waals surface area contributed by atoms with Crippen LogP contribution in [0.3, 0.4) is 0 Å². The van der Waals surface area contributed by atoms with Crippen molar-refractivity contribution in [3.05, 3.63) is 35.4 Å². The second kappa shape index (κ2) is 4.78. The molecular weight excluding hydrogens is 202 g/mol. The summed E-state index contributed by atoms with van der Waals surface area (Å²) in [4.78, 5) is 0. The van der Waals surface area contributed by atoms with E-state index in [2.05, 4.69) is 12.6 Å². The molecule has 0 nitrogen and oxygen atoms in total. The minimum atomic E-state index is -2.70. The van der Waals surface area contributed by atoms with Crippen LogP contribution in [-0.2, 0) is 11.7 Å². The highest BCUT2D eigenvalue weighted by Gasteiger charge is 2.29. The Labute approximate surface area is 88.7 Å². The molecule has 1 rings (SSSR count). The molecule has 1 aromatic rings. The first-order valence-electron chi connectivity index (χ1n) is 4.68. The normalized spacial score (nSPS) is 11.7. The molecule has 0 heterocycles. The van der Waals surface area contributed by atoms with E-state index in [1.807, 2.05) is 0 Å². The van der Waals surface area contributed by atoms with Crippen molar-refractivity contribution in [2.24, 2.45) is 0 Å². The maximum atomic E-state index is 13.4. The van der Waals surface area contributed by atoms with Gasteiger partial charge >= 0.3 is 0 Å². The predicted octanol–water partition coefficient (Wildman–Crippen LogP) is 4.01. The Morgan fingerprint density at radius 3 is 2.64 bits per heavy atom. The highest BCUT2D eigenvalue weighted by Crippen LogP contribution is 2.33. The molecule has 1 aromatic carbocycles. The molecule has 0 amide bonds. The van der Waals surface area contributed by atoms with E-state index >= 15 is 0 Å². The van der Waals surface area contributed by atoms with Crippen molar-refractivity contribution >= 4 is 12.6 Å². The van der Waals surface area contributed by atoms with Crippen LogP contribution in [0.2, 0.25) is 0 Å². The Balaban J connectivity index is 2.93. The number of thiol groups is 1. The van der Waals surface area contributed by atoms with E-state index in [1.54, 1.807) is 19.1 Å². The third-order valence-corrected chi connectivity index (χ3v) is 2.46. The first-order chi connectivity index (χ1) is 6.60. The zero-order chi connectivity index (χ0) is 10.6. The van der Waals surface area contributed by atoms with Crippen molar-refractivity contribution in [3.8, 4) is 0 Å². The van der Waals surface area contributed by atoms with Crippen molar-refractivity contribution in [1.82, 2.24) is 0 Å². The minimum absolute atomic E-state index is 0.0942. The van der Waals surface area contributed by atoms with E-state index in [9.17, 15) is 8.78 Å². The number of hydrogen-bond donors (Lipinski definition) is 1. The van der Waals surface area contributed by atoms with E-state index in [0.29, 0.717) is 12.2 Å². The van der Waals surface area contributed by atoms with Crippen molar-refractivity contribution in [3.63, 3.8) is 0 Å². The van der Waals surface area contributed by atoms with Gasteiger partial charge in [0, 0.05) is 17.7 Å². The molecule has 14 heavy (non-hydrogen) atoms. The van der Waals surface area contributed by atoms with Crippen molar-refractivity contribution in [1.29, 1.82) is 0 Å². The first kappa shape index (κ1) is 11.5. The van der Waals surface area contributed by atoms with Crippen molar-refractivity contribution < 1.29 is 8.78 Å². The molecule has 0 atom stereocenters. The molecule has 0 bridgehead atoms. The molecule has 3 heteroatoms. The van der Waals surface area contributed by atoms with Crippen LogP contribution in [0.25, 0.3) is 0 Å². The van der Waals surface area contributed by atoms with Gasteiger partial charge in [0.25, 0.3) is 5.92 Å². The van der Waals surface area contributed by atoms with Crippen LogP contribution >= 0.6 is 12.6 Å². The molecule has 0 spiro atoms. The summed E-state index contributed by atoms with van der Waals surface area (Å²) in [6.45, 7) is 1.76. The number of halogens is 2. The summed E-state index contributed by atoms with van der Waals surface area (Å²) in [7, 11) is 0. The van der Waals surface area contributed by atoms with E-state index < -0.39 is 5.92 Å². The summed E-state index contributed by atoms with van der Waals surface area (Å²) >= 11 is 4.06. The van der Waals surface area contributed by atoms with Crippen LogP contribution in [-0.4, -0.2) is 0 Å². The Hall–Kier alpha value is -0.570. The van der Waals surface area contributed by atoms with Crippen molar-refractivity contribution in [2.45, 2.75) is 31.4 Å². The van der Waals surface area contributed by atoms with Crippen LogP contribution in [0.1, 0.15) is 30.9 Å². The Kier molecular flexibility index (Phi) is 3.93. The Bertz CT molecular complexity index is 297. The monoisotopic (exact) mass is 216 g/mol. The van der Waals surface area contributed by atoms with Gasteiger partial charge in [-0.25, -0.2) is 8.78 Å². The molecule has 0 aromatic heterocycles. The number of benzene rings is 1. The van der Waals surface area contributed by atoms with E-state index in [0.717, 1.165) is 5.56 Å². The summed E-state index contributed by atoms with van der Waals surface area (Å²) in [5.41, 5.74) is 0.938. The van der Waals surface area contributed by atoms with E-state index in [4.69, 9.17) is 0 Å². The highest BCUT2D eigenvalue weighted by molar-refractivity contribution is 7.79. The summed E-state index contributed by atoms with van der Waals surface area (Å²) < 4.78 is 26.9. The zero-order valence-corrected chi connectivity index (χ0v) is 9.03. The average molecular weight is 216 g/mol. The van der Waals surface area contributed by atoms with Gasteiger partial charge in [-0.3, -0.25) is 0 Å². The van der Waals surface area contributed by atoms with Gasteiger partial charge in [-0.2, -0.15) is 12.6 Å². The molecule has 0 saturated carbocycles. The quantitative estimate of drug-likeness (QED) is 0.722.